The zero-order valence-corrected chi connectivity index (χ0v) is 15.5. The van der Waals surface area contributed by atoms with E-state index in [4.69, 9.17) is 4.74 Å². The van der Waals surface area contributed by atoms with Crippen LogP contribution in [-0.4, -0.2) is 57.8 Å². The first-order chi connectivity index (χ1) is 12.4. The Hall–Kier alpha value is -1.58. The van der Waals surface area contributed by atoms with Gasteiger partial charge in [0.25, 0.3) is 0 Å². The Balaban J connectivity index is 2.11. The van der Waals surface area contributed by atoms with Crippen molar-refractivity contribution in [3.8, 4) is 0 Å². The highest BCUT2D eigenvalue weighted by Crippen LogP contribution is 2.27. The number of hydrogen-bond acceptors (Lipinski definition) is 5. The molecule has 26 heavy (non-hydrogen) atoms. The van der Waals surface area contributed by atoms with Crippen LogP contribution in [0.4, 0.5) is 14.5 Å². The van der Waals surface area contributed by atoms with Crippen molar-refractivity contribution >= 4 is 21.4 Å². The van der Waals surface area contributed by atoms with Gasteiger partial charge in [0.2, 0.25) is 15.7 Å². The summed E-state index contributed by atoms with van der Waals surface area (Å²) in [7, 11) is -3.21. The van der Waals surface area contributed by atoms with E-state index in [1.54, 1.807) is 7.11 Å². The standard InChI is InChI=1S/C17H24F2N2O4S/c1-25-11-10-21(13-6-2-3-7-13)12-16(22)20-14-8-4-5-9-15(14)26(23,24)17(18)19/h4-5,8-9,13,17H,2-3,6-7,10-12H2,1H3,(H,20,22). The number of rotatable bonds is 9. The maximum atomic E-state index is 12.8. The van der Waals surface area contributed by atoms with Crippen LogP contribution in [0.25, 0.3) is 0 Å². The van der Waals surface area contributed by atoms with E-state index in [2.05, 4.69) is 5.32 Å². The predicted molar refractivity (Wildman–Crippen MR) is 94.0 cm³/mol. The first kappa shape index (κ1) is 20.7. The van der Waals surface area contributed by atoms with E-state index in [0.717, 1.165) is 31.7 Å². The number of methoxy groups -OCH3 is 1. The highest BCUT2D eigenvalue weighted by Gasteiger charge is 2.30. The summed E-state index contributed by atoms with van der Waals surface area (Å²) in [6, 6.07) is 5.48. The van der Waals surface area contributed by atoms with Crippen molar-refractivity contribution in [2.75, 3.05) is 32.1 Å². The molecule has 0 aliphatic heterocycles. The molecule has 1 aliphatic carbocycles. The van der Waals surface area contributed by atoms with Crippen molar-refractivity contribution in [2.45, 2.75) is 42.4 Å². The van der Waals surface area contributed by atoms with Crippen LogP contribution >= 0.6 is 0 Å². The summed E-state index contributed by atoms with van der Waals surface area (Å²) in [6.45, 7) is 1.10. The van der Waals surface area contributed by atoms with Gasteiger partial charge < -0.3 is 10.1 Å². The molecule has 1 aromatic rings. The third-order valence-corrected chi connectivity index (χ3v) is 5.91. The smallest absolute Gasteiger partial charge is 0.341 e. The molecule has 1 aliphatic rings. The van der Waals surface area contributed by atoms with Gasteiger partial charge in [0.05, 0.1) is 23.7 Å². The number of ether oxygens (including phenoxy) is 1. The Labute approximate surface area is 152 Å². The van der Waals surface area contributed by atoms with Crippen LogP contribution in [0, 0.1) is 0 Å². The second-order valence-corrected chi connectivity index (χ2v) is 8.14. The predicted octanol–water partition coefficient (Wildman–Crippen LogP) is 2.51. The Morgan fingerprint density at radius 2 is 1.96 bits per heavy atom. The molecule has 0 saturated heterocycles. The monoisotopic (exact) mass is 390 g/mol. The van der Waals surface area contributed by atoms with Gasteiger partial charge in [-0.15, -0.1) is 0 Å². The van der Waals surface area contributed by atoms with Gasteiger partial charge in [-0.2, -0.15) is 8.78 Å². The highest BCUT2D eigenvalue weighted by atomic mass is 32.2. The summed E-state index contributed by atoms with van der Waals surface area (Å²) in [5, 5.41) is 2.47. The normalized spacial score (nSPS) is 15.7. The molecule has 0 aromatic heterocycles. The maximum Gasteiger partial charge on any atom is 0.341 e. The minimum atomic E-state index is -4.79. The Morgan fingerprint density at radius 1 is 1.31 bits per heavy atom. The molecule has 0 atom stereocenters. The lowest BCUT2D eigenvalue weighted by molar-refractivity contribution is -0.118. The average Bonchev–Trinajstić information content (AvgIpc) is 3.13. The minimum absolute atomic E-state index is 0.0527. The fourth-order valence-corrected chi connectivity index (χ4v) is 4.04. The van der Waals surface area contributed by atoms with Crippen molar-refractivity contribution in [3.05, 3.63) is 24.3 Å². The van der Waals surface area contributed by atoms with Crippen molar-refractivity contribution in [3.63, 3.8) is 0 Å². The zero-order valence-electron chi connectivity index (χ0n) is 14.7. The molecular formula is C17H24F2N2O4S. The van der Waals surface area contributed by atoms with Crippen LogP contribution < -0.4 is 5.32 Å². The van der Waals surface area contributed by atoms with Gasteiger partial charge in [0.1, 0.15) is 0 Å². The molecule has 0 heterocycles. The van der Waals surface area contributed by atoms with E-state index in [-0.39, 0.29) is 18.3 Å². The number of amides is 1. The molecule has 1 N–H and O–H groups in total. The molecule has 1 aromatic carbocycles. The molecule has 0 radical (unpaired) electrons. The van der Waals surface area contributed by atoms with E-state index in [9.17, 15) is 22.0 Å². The number of nitrogens with one attached hydrogen (secondary N) is 1. The second-order valence-electron chi connectivity index (χ2n) is 6.25. The van der Waals surface area contributed by atoms with E-state index >= 15 is 0 Å². The number of halogens is 2. The van der Waals surface area contributed by atoms with Gasteiger partial charge in [-0.1, -0.05) is 25.0 Å². The Kier molecular flexibility index (Phi) is 7.48. The van der Waals surface area contributed by atoms with Gasteiger partial charge in [-0.25, -0.2) is 8.42 Å². The largest absolute Gasteiger partial charge is 0.383 e. The number of carbonyl (C=O) groups is 1. The number of sulfone groups is 1. The summed E-state index contributed by atoms with van der Waals surface area (Å²) in [6.07, 6.45) is 4.19. The van der Waals surface area contributed by atoms with Crippen molar-refractivity contribution in [2.24, 2.45) is 0 Å². The molecule has 1 saturated carbocycles. The van der Waals surface area contributed by atoms with Crippen LogP contribution in [0.5, 0.6) is 0 Å². The molecule has 1 fully saturated rings. The molecular weight excluding hydrogens is 366 g/mol. The summed E-state index contributed by atoms with van der Waals surface area (Å²) in [5.41, 5.74) is -0.129. The topological polar surface area (TPSA) is 75.7 Å². The van der Waals surface area contributed by atoms with E-state index in [0.29, 0.717) is 13.2 Å². The number of alkyl halides is 2. The molecule has 9 heteroatoms. The lowest BCUT2D eigenvalue weighted by Gasteiger charge is -2.28. The first-order valence-corrected chi connectivity index (χ1v) is 10.0. The Bertz CT molecular complexity index is 706. The van der Waals surface area contributed by atoms with E-state index in [1.165, 1.54) is 18.2 Å². The molecule has 1 amide bonds. The van der Waals surface area contributed by atoms with E-state index in [1.807, 2.05) is 4.90 Å². The number of para-hydroxylation sites is 1. The summed E-state index contributed by atoms with van der Waals surface area (Å²) >= 11 is 0. The fraction of sp³-hybridized carbons (Fsp3) is 0.588. The van der Waals surface area contributed by atoms with Gasteiger partial charge in [0, 0.05) is 19.7 Å². The van der Waals surface area contributed by atoms with Crippen LogP contribution in [0.15, 0.2) is 29.2 Å². The molecule has 146 valence electrons. The maximum absolute atomic E-state index is 12.8. The highest BCUT2D eigenvalue weighted by molar-refractivity contribution is 7.91. The van der Waals surface area contributed by atoms with Gasteiger partial charge in [0.15, 0.2) is 0 Å². The number of anilines is 1. The first-order valence-electron chi connectivity index (χ1n) is 8.50. The van der Waals surface area contributed by atoms with Crippen molar-refractivity contribution in [1.82, 2.24) is 4.90 Å². The van der Waals surface area contributed by atoms with Crippen LogP contribution in [0.3, 0.4) is 0 Å². The quantitative estimate of drug-likeness (QED) is 0.701. The Morgan fingerprint density at radius 3 is 2.58 bits per heavy atom. The van der Waals surface area contributed by atoms with Crippen LogP contribution in [0.1, 0.15) is 25.7 Å². The van der Waals surface area contributed by atoms with Crippen LogP contribution in [-0.2, 0) is 19.4 Å². The zero-order chi connectivity index (χ0) is 19.2. The molecule has 2 rings (SSSR count). The van der Waals surface area contributed by atoms with Crippen molar-refractivity contribution in [1.29, 1.82) is 0 Å². The second kappa shape index (κ2) is 9.38. The third-order valence-electron chi connectivity index (χ3n) is 4.47. The van der Waals surface area contributed by atoms with Gasteiger partial charge in [-0.3, -0.25) is 9.69 Å². The average molecular weight is 390 g/mol. The molecule has 0 unspecified atom stereocenters. The summed E-state index contributed by atoms with van der Waals surface area (Å²) in [5.74, 6) is -3.98. The number of carbonyl (C=O) groups excluding carboxylic acids is 1. The fourth-order valence-electron chi connectivity index (χ4n) is 3.16. The molecule has 0 spiro atoms. The number of benzene rings is 1. The van der Waals surface area contributed by atoms with Crippen LogP contribution in [0.2, 0.25) is 0 Å². The van der Waals surface area contributed by atoms with E-state index < -0.39 is 26.4 Å². The van der Waals surface area contributed by atoms with Gasteiger partial charge in [-0.05, 0) is 25.0 Å². The van der Waals surface area contributed by atoms with Gasteiger partial charge >= 0.3 is 5.76 Å². The number of nitrogens with zero attached hydrogens (tertiary/aromatic N) is 1. The lowest BCUT2D eigenvalue weighted by atomic mass is 10.2. The summed E-state index contributed by atoms with van der Waals surface area (Å²) in [4.78, 5) is 13.8. The molecule has 0 bridgehead atoms. The minimum Gasteiger partial charge on any atom is -0.383 e. The van der Waals surface area contributed by atoms with Crippen molar-refractivity contribution < 1.29 is 26.7 Å². The lowest BCUT2D eigenvalue weighted by Crippen LogP contribution is -2.41. The number of hydrogen-bond donors (Lipinski definition) is 1. The third kappa shape index (κ3) is 5.21. The molecule has 6 nitrogen and oxygen atoms in total. The SMILES string of the molecule is COCCN(CC(=O)Nc1ccccc1S(=O)(=O)C(F)F)C1CCCC1. The summed E-state index contributed by atoms with van der Waals surface area (Å²) < 4.78 is 54.3.